The molecule has 2 nitrogen and oxygen atoms in total. The highest BCUT2D eigenvalue weighted by Gasteiger charge is 2.36. The van der Waals surface area contributed by atoms with Gasteiger partial charge in [0.1, 0.15) is 0 Å². The van der Waals surface area contributed by atoms with Crippen LogP contribution in [0.5, 0.6) is 0 Å². The Morgan fingerprint density at radius 1 is 1.00 bits per heavy atom. The summed E-state index contributed by atoms with van der Waals surface area (Å²) in [6.07, 6.45) is 8.01. The van der Waals surface area contributed by atoms with E-state index >= 15 is 0 Å². The van der Waals surface area contributed by atoms with Crippen molar-refractivity contribution in [3.63, 3.8) is 0 Å². The van der Waals surface area contributed by atoms with Crippen LogP contribution in [-0.4, -0.2) is 6.04 Å². The van der Waals surface area contributed by atoms with Crippen molar-refractivity contribution >= 4 is 0 Å². The Morgan fingerprint density at radius 3 is 2.00 bits per heavy atom. The third kappa shape index (κ3) is 2.46. The monoisotopic (exact) mass is 270 g/mol. The molecule has 4 N–H and O–H groups in total. The van der Waals surface area contributed by atoms with Crippen molar-refractivity contribution in [3.8, 4) is 0 Å². The van der Waals surface area contributed by atoms with E-state index in [1.807, 2.05) is 24.3 Å². The number of benzene rings is 1. The maximum Gasteiger partial charge on any atom is 0.0794 e. The van der Waals surface area contributed by atoms with Gasteiger partial charge in [-0.15, -0.1) is 0 Å². The molecule has 0 saturated heterocycles. The van der Waals surface area contributed by atoms with E-state index in [-0.39, 0.29) is 6.04 Å². The molecule has 0 fully saturated rings. The van der Waals surface area contributed by atoms with Gasteiger partial charge in [0.2, 0.25) is 0 Å². The summed E-state index contributed by atoms with van der Waals surface area (Å²) in [5.41, 5.74) is 16.2. The highest BCUT2D eigenvalue weighted by molar-refractivity contribution is 5.49. The molecule has 0 saturated carbocycles. The molecule has 2 rings (SSSR count). The van der Waals surface area contributed by atoms with Crippen molar-refractivity contribution in [2.45, 2.75) is 51.1 Å². The number of hydrogen-bond acceptors (Lipinski definition) is 2. The molecule has 1 aliphatic carbocycles. The second kappa shape index (κ2) is 5.55. The van der Waals surface area contributed by atoms with E-state index in [4.69, 9.17) is 11.5 Å². The van der Waals surface area contributed by atoms with Gasteiger partial charge >= 0.3 is 0 Å². The zero-order valence-electron chi connectivity index (χ0n) is 12.9. The van der Waals surface area contributed by atoms with Crippen molar-refractivity contribution < 1.29 is 0 Å². The van der Waals surface area contributed by atoms with Crippen molar-refractivity contribution in [2.75, 3.05) is 0 Å². The van der Waals surface area contributed by atoms with E-state index in [0.717, 1.165) is 0 Å². The predicted molar refractivity (Wildman–Crippen MR) is 86.7 cm³/mol. The Hall–Kier alpha value is -1.38. The lowest BCUT2D eigenvalue weighted by atomic mass is 9.73. The van der Waals surface area contributed by atoms with Crippen LogP contribution in [0.15, 0.2) is 42.5 Å². The third-order valence-corrected chi connectivity index (χ3v) is 4.16. The first kappa shape index (κ1) is 15.0. The lowest BCUT2D eigenvalue weighted by Gasteiger charge is -2.38. The first-order chi connectivity index (χ1) is 9.38. The van der Waals surface area contributed by atoms with Crippen LogP contribution in [0.4, 0.5) is 0 Å². The zero-order chi connectivity index (χ0) is 14.9. The predicted octanol–water partition coefficient (Wildman–Crippen LogP) is 3.54. The second-order valence-electron chi connectivity index (χ2n) is 6.32. The molecule has 108 valence electrons. The summed E-state index contributed by atoms with van der Waals surface area (Å²) >= 11 is 0. The molecule has 0 radical (unpaired) electrons. The fraction of sp³-hybridized carbons (Fsp3) is 0.444. The summed E-state index contributed by atoms with van der Waals surface area (Å²) in [4.78, 5) is 0. The third-order valence-electron chi connectivity index (χ3n) is 4.16. The van der Waals surface area contributed by atoms with E-state index in [1.165, 1.54) is 16.7 Å². The maximum absolute atomic E-state index is 6.74. The van der Waals surface area contributed by atoms with E-state index in [1.54, 1.807) is 0 Å². The topological polar surface area (TPSA) is 52.0 Å². The molecule has 20 heavy (non-hydrogen) atoms. The number of hydrogen-bond donors (Lipinski definition) is 2. The Labute approximate surface area is 122 Å². The van der Waals surface area contributed by atoms with Gasteiger partial charge in [-0.2, -0.15) is 0 Å². The second-order valence-corrected chi connectivity index (χ2v) is 6.32. The van der Waals surface area contributed by atoms with E-state index < -0.39 is 5.54 Å². The molecule has 0 heterocycles. The lowest BCUT2D eigenvalue weighted by molar-refractivity contribution is 0.478. The summed E-state index contributed by atoms with van der Waals surface area (Å²) in [7, 11) is 0. The van der Waals surface area contributed by atoms with Crippen LogP contribution in [0.25, 0.3) is 0 Å². The van der Waals surface area contributed by atoms with Crippen molar-refractivity contribution in [2.24, 2.45) is 11.5 Å². The number of rotatable bonds is 3. The van der Waals surface area contributed by atoms with Crippen molar-refractivity contribution in [3.05, 3.63) is 59.2 Å². The minimum atomic E-state index is -0.616. The molecule has 0 aromatic heterocycles. The highest BCUT2D eigenvalue weighted by Crippen LogP contribution is 2.37. The van der Waals surface area contributed by atoms with E-state index in [0.29, 0.717) is 11.8 Å². The molecule has 2 heteroatoms. The van der Waals surface area contributed by atoms with Crippen LogP contribution in [0.3, 0.4) is 0 Å². The Balaban J connectivity index is 2.70. The summed E-state index contributed by atoms with van der Waals surface area (Å²) in [5.74, 6) is 0.853. The average molecular weight is 270 g/mol. The Bertz CT molecular complexity index is 514. The molecule has 0 spiro atoms. The SMILES string of the molecule is CC(C)c1cccc(C(C)C)c1C1(N)C=CC=CC1N. The van der Waals surface area contributed by atoms with Gasteiger partial charge < -0.3 is 11.5 Å². The summed E-state index contributed by atoms with van der Waals surface area (Å²) in [5, 5.41) is 0. The van der Waals surface area contributed by atoms with Gasteiger partial charge in [-0.05, 0) is 28.5 Å². The number of allylic oxidation sites excluding steroid dienone is 2. The smallest absolute Gasteiger partial charge is 0.0794 e. The summed E-state index contributed by atoms with van der Waals surface area (Å²) < 4.78 is 0. The molecule has 1 aromatic rings. The van der Waals surface area contributed by atoms with E-state index in [9.17, 15) is 0 Å². The average Bonchev–Trinajstić information content (AvgIpc) is 2.41. The quantitative estimate of drug-likeness (QED) is 0.882. The van der Waals surface area contributed by atoms with Gasteiger partial charge in [0.05, 0.1) is 5.54 Å². The largest absolute Gasteiger partial charge is 0.322 e. The number of nitrogens with two attached hydrogens (primary N) is 2. The van der Waals surface area contributed by atoms with Crippen LogP contribution < -0.4 is 11.5 Å². The van der Waals surface area contributed by atoms with Crippen LogP contribution in [0.1, 0.15) is 56.2 Å². The van der Waals surface area contributed by atoms with Gasteiger partial charge in [0.25, 0.3) is 0 Å². The molecule has 2 atom stereocenters. The molecule has 1 aliphatic rings. The van der Waals surface area contributed by atoms with Crippen molar-refractivity contribution in [1.82, 2.24) is 0 Å². The van der Waals surface area contributed by atoms with Crippen molar-refractivity contribution in [1.29, 1.82) is 0 Å². The lowest BCUT2D eigenvalue weighted by Crippen LogP contribution is -2.52. The van der Waals surface area contributed by atoms with E-state index in [2.05, 4.69) is 45.9 Å². The zero-order valence-corrected chi connectivity index (χ0v) is 12.9. The van der Waals surface area contributed by atoms with Gasteiger partial charge in [0, 0.05) is 6.04 Å². The Morgan fingerprint density at radius 2 is 1.55 bits per heavy atom. The minimum Gasteiger partial charge on any atom is -0.322 e. The molecule has 0 amide bonds. The Kier molecular flexibility index (Phi) is 4.17. The molecular formula is C18H26N2. The minimum absolute atomic E-state index is 0.190. The molecule has 0 bridgehead atoms. The first-order valence-corrected chi connectivity index (χ1v) is 7.41. The molecular weight excluding hydrogens is 244 g/mol. The van der Waals surface area contributed by atoms with Crippen LogP contribution in [-0.2, 0) is 5.54 Å². The van der Waals surface area contributed by atoms with Gasteiger partial charge in [-0.1, -0.05) is 70.2 Å². The first-order valence-electron chi connectivity index (χ1n) is 7.41. The van der Waals surface area contributed by atoms with Crippen LogP contribution in [0, 0.1) is 0 Å². The summed E-state index contributed by atoms with van der Waals surface area (Å²) in [6, 6.07) is 6.30. The maximum atomic E-state index is 6.74. The van der Waals surface area contributed by atoms with Gasteiger partial charge in [0.15, 0.2) is 0 Å². The standard InChI is InChI=1S/C18H26N2/c1-12(2)14-8-7-9-15(13(3)4)17(14)18(20)11-6-5-10-16(18)19/h5-13,16H,19-20H2,1-4H3. The van der Waals surface area contributed by atoms with Crippen LogP contribution in [0.2, 0.25) is 0 Å². The molecule has 1 aromatic carbocycles. The summed E-state index contributed by atoms with van der Waals surface area (Å²) in [6.45, 7) is 8.83. The van der Waals surface area contributed by atoms with Crippen LogP contribution >= 0.6 is 0 Å². The molecule has 0 aliphatic heterocycles. The highest BCUT2D eigenvalue weighted by atomic mass is 14.9. The molecule has 2 unspecified atom stereocenters. The normalized spacial score (nSPS) is 25.7. The van der Waals surface area contributed by atoms with Gasteiger partial charge in [-0.25, -0.2) is 0 Å². The fourth-order valence-electron chi connectivity index (χ4n) is 2.97. The fourth-order valence-corrected chi connectivity index (χ4v) is 2.97. The van der Waals surface area contributed by atoms with Gasteiger partial charge in [-0.3, -0.25) is 0 Å².